The number of nitrogens with zero attached hydrogens (tertiary/aromatic N) is 2. The van der Waals surface area contributed by atoms with Crippen LogP contribution >= 0.6 is 11.9 Å². The fourth-order valence-corrected chi connectivity index (χ4v) is 3.76. The van der Waals surface area contributed by atoms with Crippen LogP contribution in [0.5, 0.6) is 5.75 Å². The Kier molecular flexibility index (Phi) is 6.24. The molecule has 1 aromatic heterocycles. The van der Waals surface area contributed by atoms with Crippen molar-refractivity contribution in [3.63, 3.8) is 0 Å². The SMILES string of the molecule is CCn1c(-c2ccc(SNCC(=O)OC)cc2)c(C#N)c2ccc(OC)cc21. The molecule has 144 valence electrons. The number of ether oxygens (including phenoxy) is 2. The van der Waals surface area contributed by atoms with E-state index in [2.05, 4.69) is 27.0 Å². The molecule has 3 rings (SSSR count). The van der Waals surface area contributed by atoms with E-state index in [0.717, 1.165) is 39.4 Å². The fraction of sp³-hybridized carbons (Fsp3) is 0.238. The van der Waals surface area contributed by atoms with Crippen LogP contribution in [0.4, 0.5) is 0 Å². The lowest BCUT2D eigenvalue weighted by atomic mass is 10.1. The molecule has 0 amide bonds. The van der Waals surface area contributed by atoms with E-state index in [0.29, 0.717) is 5.56 Å². The normalized spacial score (nSPS) is 10.6. The van der Waals surface area contributed by atoms with Crippen LogP contribution in [0.3, 0.4) is 0 Å². The van der Waals surface area contributed by atoms with E-state index in [1.54, 1.807) is 7.11 Å². The van der Waals surface area contributed by atoms with Crippen LogP contribution < -0.4 is 9.46 Å². The van der Waals surface area contributed by atoms with Crippen LogP contribution in [-0.4, -0.2) is 31.3 Å². The number of esters is 1. The van der Waals surface area contributed by atoms with E-state index in [9.17, 15) is 10.1 Å². The number of nitriles is 1. The number of carbonyl (C=O) groups excluding carboxylic acids is 1. The van der Waals surface area contributed by atoms with Crippen LogP contribution in [0.15, 0.2) is 47.4 Å². The Balaban J connectivity index is 1.96. The Morgan fingerprint density at radius 2 is 1.96 bits per heavy atom. The van der Waals surface area contributed by atoms with Gasteiger partial charge < -0.3 is 14.0 Å². The molecule has 0 atom stereocenters. The number of methoxy groups -OCH3 is 2. The maximum Gasteiger partial charge on any atom is 0.320 e. The van der Waals surface area contributed by atoms with Gasteiger partial charge in [0.2, 0.25) is 0 Å². The molecule has 28 heavy (non-hydrogen) atoms. The first kappa shape index (κ1) is 19.8. The lowest BCUT2D eigenvalue weighted by Crippen LogP contribution is -2.17. The highest BCUT2D eigenvalue weighted by molar-refractivity contribution is 7.97. The summed E-state index contributed by atoms with van der Waals surface area (Å²) >= 11 is 1.36. The number of hydrogen-bond acceptors (Lipinski definition) is 6. The predicted octanol–water partition coefficient (Wildman–Crippen LogP) is 3.98. The summed E-state index contributed by atoms with van der Waals surface area (Å²) in [4.78, 5) is 12.1. The van der Waals surface area contributed by atoms with E-state index in [1.165, 1.54) is 19.1 Å². The van der Waals surface area contributed by atoms with Gasteiger partial charge in [-0.1, -0.05) is 12.1 Å². The number of aryl methyl sites for hydroxylation is 1. The molecule has 1 heterocycles. The first-order chi connectivity index (χ1) is 13.6. The number of aromatic nitrogens is 1. The van der Waals surface area contributed by atoms with Crippen molar-refractivity contribution in [3.8, 4) is 23.1 Å². The van der Waals surface area contributed by atoms with Crippen LogP contribution in [-0.2, 0) is 16.1 Å². The summed E-state index contributed by atoms with van der Waals surface area (Å²) in [6.45, 7) is 2.93. The standard InChI is InChI=1S/C21H21N3O3S/c1-4-24-19-11-15(26-2)7-10-17(19)18(12-22)21(24)14-5-8-16(9-6-14)28-23-13-20(25)27-3/h5-11,23H,4,13H2,1-3H3. The molecule has 2 aromatic carbocycles. The molecule has 0 fully saturated rings. The van der Waals surface area contributed by atoms with Gasteiger partial charge in [0.1, 0.15) is 18.4 Å². The second kappa shape index (κ2) is 8.83. The molecule has 0 bridgehead atoms. The van der Waals surface area contributed by atoms with Gasteiger partial charge in [-0.25, -0.2) is 4.72 Å². The third kappa shape index (κ3) is 3.84. The molecule has 0 unspecified atom stereocenters. The molecule has 0 aliphatic rings. The summed E-state index contributed by atoms with van der Waals surface area (Å²) in [7, 11) is 3.00. The number of carbonyl (C=O) groups is 1. The van der Waals surface area contributed by atoms with Gasteiger partial charge in [-0.3, -0.25) is 4.79 Å². The van der Waals surface area contributed by atoms with Crippen molar-refractivity contribution < 1.29 is 14.3 Å². The van der Waals surface area contributed by atoms with Crippen LogP contribution in [0.25, 0.3) is 22.2 Å². The van der Waals surface area contributed by atoms with E-state index < -0.39 is 0 Å². The van der Waals surface area contributed by atoms with Gasteiger partial charge in [-0.15, -0.1) is 0 Å². The first-order valence-corrected chi connectivity index (χ1v) is 9.61. The third-order valence-electron chi connectivity index (χ3n) is 4.46. The summed E-state index contributed by atoms with van der Waals surface area (Å²) < 4.78 is 15.0. The van der Waals surface area contributed by atoms with Gasteiger partial charge in [0.15, 0.2) is 0 Å². The van der Waals surface area contributed by atoms with Gasteiger partial charge in [0.05, 0.1) is 31.0 Å². The molecule has 0 saturated carbocycles. The van der Waals surface area contributed by atoms with E-state index in [-0.39, 0.29) is 12.5 Å². The molecule has 0 aliphatic heterocycles. The van der Waals surface area contributed by atoms with Crippen molar-refractivity contribution in [2.24, 2.45) is 0 Å². The number of hydrogen-bond donors (Lipinski definition) is 1. The van der Waals surface area contributed by atoms with Gasteiger partial charge in [0.25, 0.3) is 0 Å². The Bertz CT molecular complexity index is 1040. The molecule has 1 N–H and O–H groups in total. The Morgan fingerprint density at radius 1 is 1.21 bits per heavy atom. The largest absolute Gasteiger partial charge is 0.497 e. The molecule has 0 aliphatic carbocycles. The fourth-order valence-electron chi connectivity index (χ4n) is 3.13. The quantitative estimate of drug-likeness (QED) is 0.482. The summed E-state index contributed by atoms with van der Waals surface area (Å²) in [6, 6.07) is 16.0. The highest BCUT2D eigenvalue weighted by Crippen LogP contribution is 2.35. The molecular weight excluding hydrogens is 374 g/mol. The van der Waals surface area contributed by atoms with E-state index >= 15 is 0 Å². The molecule has 0 saturated heterocycles. The van der Waals surface area contributed by atoms with Gasteiger partial charge in [0, 0.05) is 22.9 Å². The lowest BCUT2D eigenvalue weighted by Gasteiger charge is -2.10. The highest BCUT2D eigenvalue weighted by Gasteiger charge is 2.18. The van der Waals surface area contributed by atoms with Crippen molar-refractivity contribution in [2.45, 2.75) is 18.4 Å². The predicted molar refractivity (Wildman–Crippen MR) is 110 cm³/mol. The van der Waals surface area contributed by atoms with E-state index in [4.69, 9.17) is 4.74 Å². The van der Waals surface area contributed by atoms with Gasteiger partial charge in [-0.2, -0.15) is 5.26 Å². The minimum atomic E-state index is -0.314. The average Bonchev–Trinajstić information content (AvgIpc) is 3.06. The monoisotopic (exact) mass is 395 g/mol. The van der Waals surface area contributed by atoms with Gasteiger partial charge in [-0.05, 0) is 48.7 Å². The van der Waals surface area contributed by atoms with Crippen molar-refractivity contribution >= 4 is 28.8 Å². The lowest BCUT2D eigenvalue weighted by molar-refractivity contribution is -0.139. The minimum Gasteiger partial charge on any atom is -0.497 e. The summed E-state index contributed by atoms with van der Waals surface area (Å²) in [5, 5.41) is 10.7. The van der Waals surface area contributed by atoms with Crippen LogP contribution in [0.1, 0.15) is 12.5 Å². The Morgan fingerprint density at radius 3 is 2.57 bits per heavy atom. The molecule has 7 heteroatoms. The second-order valence-electron chi connectivity index (χ2n) is 5.99. The zero-order valence-electron chi connectivity index (χ0n) is 16.0. The zero-order chi connectivity index (χ0) is 20.1. The van der Waals surface area contributed by atoms with Gasteiger partial charge >= 0.3 is 5.97 Å². The third-order valence-corrected chi connectivity index (χ3v) is 5.26. The molecule has 0 spiro atoms. The maximum atomic E-state index is 11.2. The number of rotatable bonds is 7. The van der Waals surface area contributed by atoms with Crippen molar-refractivity contribution in [1.82, 2.24) is 9.29 Å². The molecule has 0 radical (unpaired) electrons. The number of fused-ring (bicyclic) bond motifs is 1. The Labute approximate surface area is 168 Å². The smallest absolute Gasteiger partial charge is 0.320 e. The molecule has 3 aromatic rings. The van der Waals surface area contributed by atoms with Crippen molar-refractivity contribution in [1.29, 1.82) is 5.26 Å². The summed E-state index contributed by atoms with van der Waals surface area (Å²) in [5.41, 5.74) is 3.49. The number of nitrogens with one attached hydrogen (secondary N) is 1. The van der Waals surface area contributed by atoms with E-state index in [1.807, 2.05) is 42.5 Å². The first-order valence-electron chi connectivity index (χ1n) is 8.80. The van der Waals surface area contributed by atoms with Crippen LogP contribution in [0.2, 0.25) is 0 Å². The topological polar surface area (TPSA) is 76.3 Å². The minimum absolute atomic E-state index is 0.132. The Hall–Kier alpha value is -2.95. The van der Waals surface area contributed by atoms with Crippen molar-refractivity contribution in [3.05, 3.63) is 48.0 Å². The molecule has 6 nitrogen and oxygen atoms in total. The van der Waals surface area contributed by atoms with Crippen molar-refractivity contribution in [2.75, 3.05) is 20.8 Å². The summed E-state index contributed by atoms with van der Waals surface area (Å²) in [6.07, 6.45) is 0. The number of benzene rings is 2. The average molecular weight is 395 g/mol. The maximum absolute atomic E-state index is 11.2. The van der Waals surface area contributed by atoms with Crippen LogP contribution in [0, 0.1) is 11.3 Å². The second-order valence-corrected chi connectivity index (χ2v) is 6.95. The summed E-state index contributed by atoms with van der Waals surface area (Å²) in [5.74, 6) is 0.449. The highest BCUT2D eigenvalue weighted by atomic mass is 32.2. The molecular formula is C21H21N3O3S. The zero-order valence-corrected chi connectivity index (χ0v) is 16.8.